The molecule has 3 rings (SSSR count). The molecule has 28 heavy (non-hydrogen) atoms. The molecule has 1 aliphatic heterocycles. The molecular formula is C22H23Cl2NO3. The van der Waals surface area contributed by atoms with Gasteiger partial charge >= 0.3 is 5.97 Å². The highest BCUT2D eigenvalue weighted by Gasteiger charge is 2.24. The summed E-state index contributed by atoms with van der Waals surface area (Å²) in [5.74, 6) is -0.993. The molecule has 0 spiro atoms. The average molecular weight is 420 g/mol. The summed E-state index contributed by atoms with van der Waals surface area (Å²) in [7, 11) is 0. The van der Waals surface area contributed by atoms with E-state index in [9.17, 15) is 9.90 Å². The van der Waals surface area contributed by atoms with E-state index in [1.54, 1.807) is 6.26 Å². The Hall–Kier alpha value is -2.01. The Kier molecular flexibility index (Phi) is 7.37. The summed E-state index contributed by atoms with van der Waals surface area (Å²) in [5, 5.41) is 10.5. The van der Waals surface area contributed by atoms with Gasteiger partial charge < -0.3 is 9.84 Å². The molecule has 4 nitrogen and oxygen atoms in total. The van der Waals surface area contributed by atoms with Crippen molar-refractivity contribution < 1.29 is 14.6 Å². The molecule has 0 aromatic heterocycles. The molecular weight excluding hydrogens is 397 g/mol. The SMILES string of the molecule is O=C(O)[C@@H]1CCCN(CCOC=C(c2cccc(Cl)c2)c2cccc(Cl)c2)C1. The van der Waals surface area contributed by atoms with Gasteiger partial charge in [-0.05, 0) is 54.8 Å². The van der Waals surface area contributed by atoms with Gasteiger partial charge in [-0.15, -0.1) is 0 Å². The first-order valence-corrected chi connectivity index (χ1v) is 10.1. The minimum atomic E-state index is -0.713. The molecule has 0 aliphatic carbocycles. The molecule has 0 amide bonds. The molecule has 1 heterocycles. The van der Waals surface area contributed by atoms with Crippen molar-refractivity contribution in [1.82, 2.24) is 4.90 Å². The second-order valence-corrected chi connectivity index (χ2v) is 7.77. The van der Waals surface area contributed by atoms with Crippen LogP contribution in [-0.2, 0) is 9.53 Å². The van der Waals surface area contributed by atoms with E-state index in [2.05, 4.69) is 4.90 Å². The van der Waals surface area contributed by atoms with Gasteiger partial charge in [0.25, 0.3) is 0 Å². The fraction of sp³-hybridized carbons (Fsp3) is 0.318. The molecule has 0 radical (unpaired) electrons. The van der Waals surface area contributed by atoms with Crippen molar-refractivity contribution >= 4 is 34.7 Å². The van der Waals surface area contributed by atoms with Crippen molar-refractivity contribution in [3.05, 3.63) is 76.0 Å². The number of piperidine rings is 1. The number of halogens is 2. The molecule has 148 valence electrons. The lowest BCUT2D eigenvalue weighted by Crippen LogP contribution is -2.40. The molecule has 6 heteroatoms. The molecule has 1 N–H and O–H groups in total. The van der Waals surface area contributed by atoms with Gasteiger partial charge in [-0.1, -0.05) is 47.5 Å². The Morgan fingerprint density at radius 3 is 2.36 bits per heavy atom. The lowest BCUT2D eigenvalue weighted by molar-refractivity contribution is -0.143. The van der Waals surface area contributed by atoms with Crippen molar-refractivity contribution in [3.63, 3.8) is 0 Å². The van der Waals surface area contributed by atoms with Crippen LogP contribution in [0.15, 0.2) is 54.8 Å². The number of ether oxygens (including phenoxy) is 1. The van der Waals surface area contributed by atoms with Gasteiger partial charge in [0.15, 0.2) is 0 Å². The van der Waals surface area contributed by atoms with E-state index in [0.29, 0.717) is 29.7 Å². The monoisotopic (exact) mass is 419 g/mol. The number of nitrogens with zero attached hydrogens (tertiary/aromatic N) is 1. The minimum absolute atomic E-state index is 0.280. The van der Waals surface area contributed by atoms with Crippen molar-refractivity contribution in [2.45, 2.75) is 12.8 Å². The third-order valence-electron chi connectivity index (χ3n) is 4.85. The number of carboxylic acids is 1. The number of rotatable bonds is 7. The number of carboxylic acid groups (broad SMARTS) is 1. The molecule has 0 unspecified atom stereocenters. The van der Waals surface area contributed by atoms with Crippen molar-refractivity contribution in [2.75, 3.05) is 26.2 Å². The van der Waals surface area contributed by atoms with E-state index in [4.69, 9.17) is 27.9 Å². The smallest absolute Gasteiger partial charge is 0.307 e. The Bertz CT molecular complexity index is 806. The first-order valence-electron chi connectivity index (χ1n) is 9.32. The third kappa shape index (κ3) is 5.74. The maximum absolute atomic E-state index is 11.2. The summed E-state index contributed by atoms with van der Waals surface area (Å²) in [6.07, 6.45) is 3.39. The molecule has 1 fully saturated rings. The lowest BCUT2D eigenvalue weighted by Gasteiger charge is -2.30. The Morgan fingerprint density at radius 1 is 1.14 bits per heavy atom. The first kappa shape index (κ1) is 20.7. The van der Waals surface area contributed by atoms with Crippen LogP contribution >= 0.6 is 23.2 Å². The van der Waals surface area contributed by atoms with E-state index in [1.165, 1.54) is 0 Å². The van der Waals surface area contributed by atoms with E-state index in [0.717, 1.165) is 36.1 Å². The molecule has 2 aromatic carbocycles. The van der Waals surface area contributed by atoms with Gasteiger partial charge in [0.2, 0.25) is 0 Å². The largest absolute Gasteiger partial charge is 0.499 e. The van der Waals surface area contributed by atoms with Gasteiger partial charge in [0.1, 0.15) is 6.61 Å². The summed E-state index contributed by atoms with van der Waals surface area (Å²) >= 11 is 12.3. The third-order valence-corrected chi connectivity index (χ3v) is 5.32. The summed E-state index contributed by atoms with van der Waals surface area (Å²) in [6.45, 7) is 2.67. The summed E-state index contributed by atoms with van der Waals surface area (Å²) in [5.41, 5.74) is 2.78. The van der Waals surface area contributed by atoms with E-state index in [-0.39, 0.29) is 5.92 Å². The van der Waals surface area contributed by atoms with Crippen LogP contribution in [0.4, 0.5) is 0 Å². The minimum Gasteiger partial charge on any atom is -0.499 e. The van der Waals surface area contributed by atoms with Crippen LogP contribution in [0.3, 0.4) is 0 Å². The van der Waals surface area contributed by atoms with Gasteiger partial charge in [-0.25, -0.2) is 0 Å². The van der Waals surface area contributed by atoms with E-state index >= 15 is 0 Å². The zero-order valence-corrected chi connectivity index (χ0v) is 17.0. The van der Waals surface area contributed by atoms with Crippen LogP contribution in [0.5, 0.6) is 0 Å². The van der Waals surface area contributed by atoms with Crippen LogP contribution in [0.2, 0.25) is 10.0 Å². The second-order valence-electron chi connectivity index (χ2n) is 6.90. The van der Waals surface area contributed by atoms with Crippen LogP contribution in [0.1, 0.15) is 24.0 Å². The fourth-order valence-corrected chi connectivity index (χ4v) is 3.78. The lowest BCUT2D eigenvalue weighted by atomic mass is 9.98. The second kappa shape index (κ2) is 9.97. The Balaban J connectivity index is 1.69. The van der Waals surface area contributed by atoms with Crippen LogP contribution in [0, 0.1) is 5.92 Å². The number of likely N-dealkylation sites (tertiary alicyclic amines) is 1. The number of carbonyl (C=O) groups is 1. The molecule has 1 atom stereocenters. The average Bonchev–Trinajstić information content (AvgIpc) is 2.68. The highest BCUT2D eigenvalue weighted by Crippen LogP contribution is 2.27. The highest BCUT2D eigenvalue weighted by molar-refractivity contribution is 6.31. The molecule has 1 aliphatic rings. The van der Waals surface area contributed by atoms with Gasteiger partial charge in [0.05, 0.1) is 12.2 Å². The molecule has 0 bridgehead atoms. The number of hydrogen-bond donors (Lipinski definition) is 1. The highest BCUT2D eigenvalue weighted by atomic mass is 35.5. The van der Waals surface area contributed by atoms with Crippen LogP contribution in [0.25, 0.3) is 5.57 Å². The normalized spacial score (nSPS) is 17.1. The van der Waals surface area contributed by atoms with Crippen LogP contribution in [-0.4, -0.2) is 42.2 Å². The van der Waals surface area contributed by atoms with Crippen molar-refractivity contribution in [2.24, 2.45) is 5.92 Å². The van der Waals surface area contributed by atoms with Crippen molar-refractivity contribution in [3.8, 4) is 0 Å². The fourth-order valence-electron chi connectivity index (χ4n) is 3.40. The van der Waals surface area contributed by atoms with E-state index in [1.807, 2.05) is 48.5 Å². The van der Waals surface area contributed by atoms with Gasteiger partial charge in [-0.3, -0.25) is 9.69 Å². The number of hydrogen-bond acceptors (Lipinski definition) is 3. The predicted octanol–water partition coefficient (Wildman–Crippen LogP) is 5.20. The van der Waals surface area contributed by atoms with Gasteiger partial charge in [-0.2, -0.15) is 0 Å². The topological polar surface area (TPSA) is 49.8 Å². The zero-order valence-electron chi connectivity index (χ0n) is 15.5. The summed E-state index contributed by atoms with van der Waals surface area (Å²) in [6, 6.07) is 15.2. The number of benzene rings is 2. The molecule has 1 saturated heterocycles. The maximum atomic E-state index is 11.2. The Morgan fingerprint density at radius 2 is 1.79 bits per heavy atom. The van der Waals surface area contributed by atoms with Crippen LogP contribution < -0.4 is 0 Å². The summed E-state index contributed by atoms with van der Waals surface area (Å²) < 4.78 is 5.85. The quantitative estimate of drug-likeness (QED) is 0.495. The predicted molar refractivity (Wildman–Crippen MR) is 113 cm³/mol. The first-order chi connectivity index (χ1) is 13.5. The van der Waals surface area contributed by atoms with E-state index < -0.39 is 5.97 Å². The number of aliphatic carboxylic acids is 1. The standard InChI is InChI=1S/C22H23Cl2NO3/c23-19-7-1-4-16(12-19)21(17-5-2-8-20(24)13-17)15-28-11-10-25-9-3-6-18(14-25)22(26)27/h1-2,4-5,7-8,12-13,15,18H,3,6,9-11,14H2,(H,26,27)/t18-/m1/s1. The van der Waals surface area contributed by atoms with Gasteiger partial charge in [0, 0.05) is 28.7 Å². The Labute approximate surface area is 175 Å². The molecule has 0 saturated carbocycles. The molecule has 2 aromatic rings. The zero-order chi connectivity index (χ0) is 19.9. The van der Waals surface area contributed by atoms with Crippen molar-refractivity contribution in [1.29, 1.82) is 0 Å². The summed E-state index contributed by atoms with van der Waals surface area (Å²) in [4.78, 5) is 13.3. The maximum Gasteiger partial charge on any atom is 0.307 e.